The van der Waals surface area contributed by atoms with Crippen molar-refractivity contribution in [1.82, 2.24) is 9.78 Å². The van der Waals surface area contributed by atoms with E-state index in [1.165, 1.54) is 0 Å². The first kappa shape index (κ1) is 14.3. The smallest absolute Gasteiger partial charge is 0.226 e. The first-order chi connectivity index (χ1) is 11.7. The van der Waals surface area contributed by atoms with Crippen LogP contribution in [0.3, 0.4) is 0 Å². The second kappa shape index (κ2) is 5.70. The highest BCUT2D eigenvalue weighted by molar-refractivity contribution is 5.94. The van der Waals surface area contributed by atoms with E-state index in [-0.39, 0.29) is 11.8 Å². The van der Waals surface area contributed by atoms with E-state index in [0.29, 0.717) is 24.3 Å². The van der Waals surface area contributed by atoms with Crippen LogP contribution >= 0.6 is 0 Å². The third-order valence-corrected chi connectivity index (χ3v) is 4.22. The molecule has 6 nitrogen and oxygen atoms in total. The molecule has 4 rings (SSSR count). The summed E-state index contributed by atoms with van der Waals surface area (Å²) >= 11 is 0. The maximum atomic E-state index is 12.2. The molecule has 0 fully saturated rings. The van der Waals surface area contributed by atoms with Crippen LogP contribution in [-0.4, -0.2) is 15.7 Å². The van der Waals surface area contributed by atoms with Crippen LogP contribution in [0.4, 0.5) is 5.82 Å². The van der Waals surface area contributed by atoms with Gasteiger partial charge in [0.15, 0.2) is 0 Å². The average Bonchev–Trinajstić information content (AvgIpc) is 3.25. The van der Waals surface area contributed by atoms with Gasteiger partial charge in [-0.05, 0) is 29.8 Å². The Morgan fingerprint density at radius 1 is 1.33 bits per heavy atom. The van der Waals surface area contributed by atoms with Crippen molar-refractivity contribution in [3.63, 3.8) is 0 Å². The summed E-state index contributed by atoms with van der Waals surface area (Å²) < 4.78 is 7.10. The molecule has 0 radical (unpaired) electrons. The summed E-state index contributed by atoms with van der Waals surface area (Å²) in [5.74, 6) is 1.37. The number of hydrogen-bond donors (Lipinski definition) is 1. The molecule has 1 aromatic carbocycles. The molecular weight excluding hydrogens is 304 g/mol. The van der Waals surface area contributed by atoms with Gasteiger partial charge in [-0.25, -0.2) is 4.68 Å². The van der Waals surface area contributed by atoms with E-state index in [9.17, 15) is 4.79 Å². The van der Waals surface area contributed by atoms with Gasteiger partial charge in [-0.3, -0.25) is 4.79 Å². The Hall–Kier alpha value is -3.33. The molecular formula is C18H14N4O2. The highest BCUT2D eigenvalue weighted by Crippen LogP contribution is 2.37. The molecule has 1 aliphatic rings. The lowest BCUT2D eigenvalue weighted by Crippen LogP contribution is -2.25. The van der Waals surface area contributed by atoms with Crippen LogP contribution in [0.2, 0.25) is 0 Å². The number of furan rings is 1. The minimum absolute atomic E-state index is 0.0435. The molecule has 3 heterocycles. The molecule has 0 saturated carbocycles. The topological polar surface area (TPSA) is 83.9 Å². The van der Waals surface area contributed by atoms with Gasteiger partial charge >= 0.3 is 0 Å². The fourth-order valence-corrected chi connectivity index (χ4v) is 3.03. The average molecular weight is 318 g/mol. The van der Waals surface area contributed by atoms with Gasteiger partial charge in [0.25, 0.3) is 0 Å². The predicted octanol–water partition coefficient (Wildman–Crippen LogP) is 2.87. The molecule has 24 heavy (non-hydrogen) atoms. The number of nitrogens with one attached hydrogen (secondary N) is 1. The number of fused-ring (bicyclic) bond motifs is 1. The summed E-state index contributed by atoms with van der Waals surface area (Å²) in [7, 11) is 0. The van der Waals surface area contributed by atoms with Crippen molar-refractivity contribution < 1.29 is 9.21 Å². The van der Waals surface area contributed by atoms with E-state index >= 15 is 0 Å². The van der Waals surface area contributed by atoms with E-state index in [2.05, 4.69) is 16.5 Å². The lowest BCUT2D eigenvalue weighted by atomic mass is 9.87. The summed E-state index contributed by atoms with van der Waals surface area (Å²) in [6, 6.07) is 13.1. The van der Waals surface area contributed by atoms with Crippen LogP contribution in [0.5, 0.6) is 0 Å². The van der Waals surface area contributed by atoms with Gasteiger partial charge in [-0.2, -0.15) is 10.4 Å². The molecule has 118 valence electrons. The molecule has 6 heteroatoms. The second-order valence-electron chi connectivity index (χ2n) is 5.72. The van der Waals surface area contributed by atoms with Crippen LogP contribution in [0, 0.1) is 11.3 Å². The Balaban J connectivity index is 1.70. The van der Waals surface area contributed by atoms with Crippen molar-refractivity contribution >= 4 is 11.7 Å². The number of hydrogen-bond acceptors (Lipinski definition) is 4. The zero-order chi connectivity index (χ0) is 16.5. The number of carbonyl (C=O) groups is 1. The SMILES string of the molecule is N#Cc1ccc([C@@H]2CC(=O)Nc3c2cnn3Cc2ccco2)cc1. The maximum Gasteiger partial charge on any atom is 0.226 e. The van der Waals surface area contributed by atoms with Crippen molar-refractivity contribution in [2.45, 2.75) is 18.9 Å². The van der Waals surface area contributed by atoms with Gasteiger partial charge in [-0.1, -0.05) is 12.1 Å². The molecule has 1 amide bonds. The lowest BCUT2D eigenvalue weighted by Gasteiger charge is -2.23. The van der Waals surface area contributed by atoms with Crippen LogP contribution in [0.1, 0.15) is 34.8 Å². The molecule has 1 N–H and O–H groups in total. The van der Waals surface area contributed by atoms with Crippen molar-refractivity contribution in [3.05, 3.63) is 71.3 Å². The third-order valence-electron chi connectivity index (χ3n) is 4.22. The zero-order valence-corrected chi connectivity index (χ0v) is 12.8. The fourth-order valence-electron chi connectivity index (χ4n) is 3.03. The third kappa shape index (κ3) is 2.46. The number of nitriles is 1. The molecule has 3 aromatic rings. The first-order valence-electron chi connectivity index (χ1n) is 7.62. The van der Waals surface area contributed by atoms with Crippen LogP contribution < -0.4 is 5.32 Å². The summed E-state index contributed by atoms with van der Waals surface area (Å²) in [4.78, 5) is 12.2. The first-order valence-corrected chi connectivity index (χ1v) is 7.62. The van der Waals surface area contributed by atoms with Gasteiger partial charge in [-0.15, -0.1) is 0 Å². The number of nitrogens with zero attached hydrogens (tertiary/aromatic N) is 3. The normalized spacial score (nSPS) is 16.3. The number of benzene rings is 1. The molecule has 0 spiro atoms. The summed E-state index contributed by atoms with van der Waals surface area (Å²) in [5.41, 5.74) is 2.58. The molecule has 2 aromatic heterocycles. The number of aromatic nitrogens is 2. The molecule has 1 atom stereocenters. The van der Waals surface area contributed by atoms with Crippen molar-refractivity contribution in [1.29, 1.82) is 5.26 Å². The monoisotopic (exact) mass is 318 g/mol. The minimum atomic E-state index is -0.0631. The Bertz CT molecular complexity index is 917. The molecule has 0 aliphatic carbocycles. The maximum absolute atomic E-state index is 12.2. The number of anilines is 1. The number of amides is 1. The standard InChI is InChI=1S/C18H14N4O2/c19-9-12-3-5-13(6-4-12)15-8-17(23)21-18-16(15)10-20-22(18)11-14-2-1-7-24-14/h1-7,10,15H,8,11H2,(H,21,23)/t15-/m0/s1. The van der Waals surface area contributed by atoms with E-state index in [1.54, 1.807) is 29.3 Å². The van der Waals surface area contributed by atoms with Gasteiger partial charge in [0.2, 0.25) is 5.91 Å². The largest absolute Gasteiger partial charge is 0.467 e. The van der Waals surface area contributed by atoms with Crippen LogP contribution in [-0.2, 0) is 11.3 Å². The molecule has 0 bridgehead atoms. The van der Waals surface area contributed by atoms with Gasteiger partial charge in [0, 0.05) is 17.9 Å². The van der Waals surface area contributed by atoms with Crippen LogP contribution in [0.15, 0.2) is 53.3 Å². The molecule has 0 saturated heterocycles. The Kier molecular flexibility index (Phi) is 3.39. The Labute approximate surface area is 138 Å². The van der Waals surface area contributed by atoms with Crippen LogP contribution in [0.25, 0.3) is 0 Å². The Morgan fingerprint density at radius 2 is 2.17 bits per heavy atom. The lowest BCUT2D eigenvalue weighted by molar-refractivity contribution is -0.116. The number of rotatable bonds is 3. The molecule has 0 unspecified atom stereocenters. The van der Waals surface area contributed by atoms with E-state index < -0.39 is 0 Å². The van der Waals surface area contributed by atoms with E-state index in [1.807, 2.05) is 24.3 Å². The van der Waals surface area contributed by atoms with Gasteiger partial charge in [0.05, 0.1) is 24.1 Å². The molecule has 1 aliphatic heterocycles. The Morgan fingerprint density at radius 3 is 2.88 bits per heavy atom. The minimum Gasteiger partial charge on any atom is -0.467 e. The van der Waals surface area contributed by atoms with Crippen molar-refractivity contribution in [2.75, 3.05) is 5.32 Å². The highest BCUT2D eigenvalue weighted by Gasteiger charge is 2.30. The van der Waals surface area contributed by atoms with Gasteiger partial charge < -0.3 is 9.73 Å². The predicted molar refractivity (Wildman–Crippen MR) is 86.3 cm³/mol. The highest BCUT2D eigenvalue weighted by atomic mass is 16.3. The van der Waals surface area contributed by atoms with Gasteiger partial charge in [0.1, 0.15) is 18.1 Å². The fraction of sp³-hybridized carbons (Fsp3) is 0.167. The second-order valence-corrected chi connectivity index (χ2v) is 5.72. The summed E-state index contributed by atoms with van der Waals surface area (Å²) in [6.07, 6.45) is 3.77. The van der Waals surface area contributed by atoms with Crippen molar-refractivity contribution in [3.8, 4) is 6.07 Å². The zero-order valence-electron chi connectivity index (χ0n) is 12.8. The quantitative estimate of drug-likeness (QED) is 0.805. The van der Waals surface area contributed by atoms with Crippen molar-refractivity contribution in [2.24, 2.45) is 0 Å². The summed E-state index contributed by atoms with van der Waals surface area (Å²) in [5, 5.41) is 16.2. The van der Waals surface area contributed by atoms with E-state index in [4.69, 9.17) is 9.68 Å². The summed E-state index contributed by atoms with van der Waals surface area (Å²) in [6.45, 7) is 0.461. The number of carbonyl (C=O) groups excluding carboxylic acids is 1. The van der Waals surface area contributed by atoms with E-state index in [0.717, 1.165) is 16.9 Å².